The third-order valence-corrected chi connectivity index (χ3v) is 1.36. The summed E-state index contributed by atoms with van der Waals surface area (Å²) < 4.78 is 3.76. The molecule has 3 heteroatoms. The van der Waals surface area contributed by atoms with Crippen LogP contribution >= 0.6 is 0 Å². The van der Waals surface area contributed by atoms with Crippen molar-refractivity contribution in [1.29, 1.82) is 0 Å². The quantitative estimate of drug-likeness (QED) is 0.552. The Kier molecular flexibility index (Phi) is 2.31. The molecule has 0 bridgehead atoms. The summed E-state index contributed by atoms with van der Waals surface area (Å²) in [6, 6.07) is 0. The monoisotopic (exact) mass is 141 g/mol. The zero-order valence-corrected chi connectivity index (χ0v) is 6.45. The highest BCUT2D eigenvalue weighted by Gasteiger charge is 1.99. The zero-order chi connectivity index (χ0) is 7.40. The Bertz CT molecular complexity index is 195. The first-order chi connectivity index (χ1) is 4.86. The first-order valence-electron chi connectivity index (χ1n) is 3.48. The molecule has 0 radical (unpaired) electrons. The lowest BCUT2D eigenvalue weighted by Gasteiger charge is -1.88. The second-order valence-electron chi connectivity index (χ2n) is 2.19. The van der Waals surface area contributed by atoms with Crippen molar-refractivity contribution in [3.8, 4) is 0 Å². The van der Waals surface area contributed by atoms with E-state index in [0.717, 1.165) is 13.0 Å². The van der Waals surface area contributed by atoms with Gasteiger partial charge in [0.2, 0.25) is 0 Å². The lowest BCUT2D eigenvalue weighted by molar-refractivity contribution is -0.697. The fourth-order valence-electron chi connectivity index (χ4n) is 0.873. The molecule has 0 N–H and O–H groups in total. The van der Waals surface area contributed by atoms with E-state index in [1.807, 2.05) is 18.7 Å². The van der Waals surface area contributed by atoms with Crippen molar-refractivity contribution in [1.82, 2.24) is 4.73 Å². The van der Waals surface area contributed by atoms with Crippen LogP contribution in [0.2, 0.25) is 0 Å². The maximum Gasteiger partial charge on any atom is 0.284 e. The van der Waals surface area contributed by atoms with E-state index in [1.54, 1.807) is 11.8 Å². The Balaban J connectivity index is 2.59. The van der Waals surface area contributed by atoms with Crippen LogP contribution in [0.4, 0.5) is 0 Å². The second kappa shape index (κ2) is 3.25. The lowest BCUT2D eigenvalue weighted by Crippen LogP contribution is -2.30. The highest BCUT2D eigenvalue weighted by Crippen LogP contribution is 1.80. The van der Waals surface area contributed by atoms with Crippen LogP contribution in [0.25, 0.3) is 0 Å². The molecular weight excluding hydrogens is 128 g/mol. The van der Waals surface area contributed by atoms with E-state index in [1.165, 1.54) is 0 Å². The van der Waals surface area contributed by atoms with E-state index in [2.05, 4.69) is 11.5 Å². The number of aryl methyl sites for hydroxylation is 1. The summed E-state index contributed by atoms with van der Waals surface area (Å²) in [4.78, 5) is 4.94. The first kappa shape index (κ1) is 7.12. The second-order valence-corrected chi connectivity index (χ2v) is 2.19. The molecular formula is C7H13N2O+. The van der Waals surface area contributed by atoms with Crippen molar-refractivity contribution in [2.75, 3.05) is 7.11 Å². The molecule has 0 fully saturated rings. The summed E-state index contributed by atoms with van der Waals surface area (Å²) in [5.74, 6) is 0. The Hall–Kier alpha value is -0.990. The Morgan fingerprint density at radius 2 is 2.40 bits per heavy atom. The molecule has 0 saturated carbocycles. The highest BCUT2D eigenvalue weighted by molar-refractivity contribution is 4.59. The number of hydrogen-bond acceptors (Lipinski definition) is 1. The molecule has 0 spiro atoms. The Morgan fingerprint density at radius 1 is 1.60 bits per heavy atom. The molecule has 0 aromatic carbocycles. The average molecular weight is 141 g/mol. The molecule has 56 valence electrons. The van der Waals surface area contributed by atoms with E-state index in [-0.39, 0.29) is 0 Å². The summed E-state index contributed by atoms with van der Waals surface area (Å²) in [5.41, 5.74) is 0. The summed E-state index contributed by atoms with van der Waals surface area (Å²) in [7, 11) is 1.65. The van der Waals surface area contributed by atoms with Gasteiger partial charge in [-0.05, 0) is 6.42 Å². The highest BCUT2D eigenvalue weighted by atomic mass is 16.6. The fourth-order valence-corrected chi connectivity index (χ4v) is 0.873. The Labute approximate surface area is 60.8 Å². The standard InChI is InChI=1S/C7H13N2O/c1-3-4-8-5-6-9(7-8)10-2/h5-7H,3-4H2,1-2H3/q+1. The van der Waals surface area contributed by atoms with Gasteiger partial charge in [0.25, 0.3) is 6.33 Å². The topological polar surface area (TPSA) is 18.0 Å². The zero-order valence-electron chi connectivity index (χ0n) is 6.45. The van der Waals surface area contributed by atoms with Crippen molar-refractivity contribution >= 4 is 0 Å². The van der Waals surface area contributed by atoms with Gasteiger partial charge in [0, 0.05) is 0 Å². The summed E-state index contributed by atoms with van der Waals surface area (Å²) >= 11 is 0. The van der Waals surface area contributed by atoms with E-state index in [9.17, 15) is 0 Å². The molecule has 1 heterocycles. The van der Waals surface area contributed by atoms with Crippen molar-refractivity contribution in [2.45, 2.75) is 19.9 Å². The lowest BCUT2D eigenvalue weighted by atomic mass is 10.5. The molecule has 3 nitrogen and oxygen atoms in total. The molecule has 0 aliphatic carbocycles. The third kappa shape index (κ3) is 1.50. The van der Waals surface area contributed by atoms with Crippen LogP contribution in [0.15, 0.2) is 18.7 Å². The van der Waals surface area contributed by atoms with E-state index in [0.29, 0.717) is 0 Å². The normalized spacial score (nSPS) is 9.80. The predicted octanol–water partition coefficient (Wildman–Crippen LogP) is 0.244. The van der Waals surface area contributed by atoms with Crippen LogP contribution < -0.4 is 9.40 Å². The van der Waals surface area contributed by atoms with Crippen LogP contribution in [0.3, 0.4) is 0 Å². The van der Waals surface area contributed by atoms with Crippen molar-refractivity contribution in [2.24, 2.45) is 0 Å². The van der Waals surface area contributed by atoms with Crippen LogP contribution in [0, 0.1) is 0 Å². The van der Waals surface area contributed by atoms with Crippen molar-refractivity contribution in [3.05, 3.63) is 18.7 Å². The molecule has 10 heavy (non-hydrogen) atoms. The molecule has 0 unspecified atom stereocenters. The number of rotatable bonds is 3. The van der Waals surface area contributed by atoms with Gasteiger partial charge in [-0.15, -0.1) is 0 Å². The van der Waals surface area contributed by atoms with E-state index in [4.69, 9.17) is 4.84 Å². The van der Waals surface area contributed by atoms with Gasteiger partial charge in [0.05, 0.1) is 6.54 Å². The molecule has 0 aliphatic rings. The van der Waals surface area contributed by atoms with Gasteiger partial charge in [-0.2, -0.15) is 0 Å². The molecule has 1 rings (SSSR count). The SMILES string of the molecule is CCC[n+]1ccn(OC)c1. The minimum atomic E-state index is 1.05. The van der Waals surface area contributed by atoms with Crippen molar-refractivity contribution < 1.29 is 9.40 Å². The smallest absolute Gasteiger partial charge is 0.284 e. The van der Waals surface area contributed by atoms with Gasteiger partial charge in [0.1, 0.15) is 13.3 Å². The van der Waals surface area contributed by atoms with Crippen molar-refractivity contribution in [3.63, 3.8) is 0 Å². The minimum Gasteiger partial charge on any atom is -0.339 e. The molecule has 0 saturated heterocycles. The third-order valence-electron chi connectivity index (χ3n) is 1.36. The van der Waals surface area contributed by atoms with Crippen LogP contribution in [0.5, 0.6) is 0 Å². The van der Waals surface area contributed by atoms with Gasteiger partial charge < -0.3 is 4.84 Å². The largest absolute Gasteiger partial charge is 0.339 e. The van der Waals surface area contributed by atoms with E-state index < -0.39 is 0 Å². The van der Waals surface area contributed by atoms with E-state index >= 15 is 0 Å². The molecule has 1 aromatic heterocycles. The van der Waals surface area contributed by atoms with Gasteiger partial charge in [-0.3, -0.25) is 0 Å². The van der Waals surface area contributed by atoms with Crippen LogP contribution in [-0.4, -0.2) is 11.8 Å². The maximum absolute atomic E-state index is 4.94. The van der Waals surface area contributed by atoms with Gasteiger partial charge in [-0.25, -0.2) is 4.57 Å². The van der Waals surface area contributed by atoms with Gasteiger partial charge >= 0.3 is 0 Å². The van der Waals surface area contributed by atoms with Gasteiger partial charge in [-0.1, -0.05) is 11.7 Å². The van der Waals surface area contributed by atoms with Crippen LogP contribution in [-0.2, 0) is 6.54 Å². The molecule has 0 aliphatic heterocycles. The number of hydrogen-bond donors (Lipinski definition) is 0. The average Bonchev–Trinajstić information content (AvgIpc) is 2.37. The maximum atomic E-state index is 4.94. The molecule has 0 atom stereocenters. The van der Waals surface area contributed by atoms with Crippen LogP contribution in [0.1, 0.15) is 13.3 Å². The van der Waals surface area contributed by atoms with Gasteiger partial charge in [0.15, 0.2) is 6.20 Å². The number of nitrogens with zero attached hydrogens (tertiary/aromatic N) is 2. The minimum absolute atomic E-state index is 1.05. The predicted molar refractivity (Wildman–Crippen MR) is 37.4 cm³/mol. The number of imidazole rings is 1. The first-order valence-corrected chi connectivity index (χ1v) is 3.48. The summed E-state index contributed by atoms with van der Waals surface area (Å²) in [5, 5.41) is 0. The summed E-state index contributed by atoms with van der Waals surface area (Å²) in [6.07, 6.45) is 6.95. The Morgan fingerprint density at radius 3 is 2.90 bits per heavy atom. The molecule has 0 amide bonds. The molecule has 1 aromatic rings. The summed E-state index contributed by atoms with van der Waals surface area (Å²) in [6.45, 7) is 3.20. The fraction of sp³-hybridized carbons (Fsp3) is 0.571. The number of aromatic nitrogens is 2.